The fourth-order valence-corrected chi connectivity index (χ4v) is 1.42. The van der Waals surface area contributed by atoms with Gasteiger partial charge in [-0.25, -0.2) is 0 Å². The van der Waals surface area contributed by atoms with Crippen molar-refractivity contribution in [3.05, 3.63) is 6.42 Å². The molecule has 0 aromatic rings. The van der Waals surface area contributed by atoms with Gasteiger partial charge >= 0.3 is 5.97 Å². The van der Waals surface area contributed by atoms with Crippen molar-refractivity contribution in [3.63, 3.8) is 0 Å². The summed E-state index contributed by atoms with van der Waals surface area (Å²) in [6.45, 7) is 2.80. The van der Waals surface area contributed by atoms with E-state index in [-0.39, 0.29) is 38.7 Å². The van der Waals surface area contributed by atoms with Crippen LogP contribution in [0.1, 0.15) is 19.8 Å². The molecule has 1 N–H and O–H groups in total. The minimum Gasteiger partial charge on any atom is -0.468 e. The maximum atomic E-state index is 11.3. The molecule has 0 bridgehead atoms. The first-order valence-electron chi connectivity index (χ1n) is 3.90. The second kappa shape index (κ2) is 5.30. The van der Waals surface area contributed by atoms with Crippen molar-refractivity contribution < 1.29 is 42.2 Å². The van der Waals surface area contributed by atoms with Gasteiger partial charge in [0.05, 0.1) is 12.6 Å². The first-order chi connectivity index (χ1) is 5.25. The molecule has 1 aliphatic heterocycles. The molecule has 0 saturated carbocycles. The summed E-state index contributed by atoms with van der Waals surface area (Å²) in [5.41, 5.74) is -0.422. The van der Waals surface area contributed by atoms with E-state index >= 15 is 0 Å². The molecule has 1 atom stereocenters. The van der Waals surface area contributed by atoms with Crippen LogP contribution in [0.5, 0.6) is 0 Å². The fraction of sp³-hybridized carbons (Fsp3) is 0.750. The van der Waals surface area contributed by atoms with E-state index in [1.807, 2.05) is 6.92 Å². The van der Waals surface area contributed by atoms with Crippen LogP contribution in [0, 0.1) is 6.42 Å². The Morgan fingerprint density at radius 3 is 2.75 bits per heavy atom. The molecular formula is C8H14NO2Y-. The fourth-order valence-electron chi connectivity index (χ4n) is 1.42. The standard InChI is InChI=1S/C8H14NO2.Y/c1-3-8(7(10)11-2)5-4-6-9-8;/h4,9H,3,5-6H2,1-2H3;/q-1;/t8-;/m0./s1. The number of rotatable bonds is 2. The molecule has 0 aromatic heterocycles. The van der Waals surface area contributed by atoms with E-state index in [0.717, 1.165) is 19.4 Å². The third kappa shape index (κ3) is 2.27. The summed E-state index contributed by atoms with van der Waals surface area (Å²) in [7, 11) is 1.43. The van der Waals surface area contributed by atoms with Gasteiger partial charge in [-0.2, -0.15) is 0 Å². The zero-order valence-corrected chi connectivity index (χ0v) is 10.4. The smallest absolute Gasteiger partial charge is 0.323 e. The Labute approximate surface area is 98.5 Å². The minimum atomic E-state index is -0.422. The molecule has 1 radical (unpaired) electrons. The Morgan fingerprint density at radius 1 is 1.75 bits per heavy atom. The molecule has 0 aromatic carbocycles. The molecule has 1 heterocycles. The van der Waals surface area contributed by atoms with Crippen molar-refractivity contribution in [2.24, 2.45) is 0 Å². The molecule has 0 unspecified atom stereocenters. The van der Waals surface area contributed by atoms with Crippen LogP contribution in [0.4, 0.5) is 0 Å². The van der Waals surface area contributed by atoms with Crippen molar-refractivity contribution in [1.29, 1.82) is 0 Å². The molecule has 67 valence electrons. The molecule has 1 rings (SSSR count). The van der Waals surface area contributed by atoms with E-state index in [1.54, 1.807) is 0 Å². The predicted octanol–water partition coefficient (Wildman–Crippen LogP) is 0.503. The number of esters is 1. The zero-order chi connectivity index (χ0) is 8.32. The summed E-state index contributed by atoms with van der Waals surface area (Å²) in [4.78, 5) is 11.3. The van der Waals surface area contributed by atoms with E-state index < -0.39 is 5.54 Å². The van der Waals surface area contributed by atoms with Gasteiger partial charge in [0.25, 0.3) is 0 Å². The average molecular weight is 245 g/mol. The van der Waals surface area contributed by atoms with Crippen LogP contribution < -0.4 is 5.32 Å². The number of ether oxygens (including phenoxy) is 1. The van der Waals surface area contributed by atoms with E-state index in [1.165, 1.54) is 7.11 Å². The van der Waals surface area contributed by atoms with Crippen LogP contribution in [0.15, 0.2) is 0 Å². The summed E-state index contributed by atoms with van der Waals surface area (Å²) in [6, 6.07) is 0. The van der Waals surface area contributed by atoms with Gasteiger partial charge in [-0.1, -0.05) is 6.92 Å². The zero-order valence-electron chi connectivity index (χ0n) is 7.59. The molecule has 4 heteroatoms. The van der Waals surface area contributed by atoms with Gasteiger partial charge in [-0.15, -0.1) is 13.0 Å². The molecule has 0 aliphatic carbocycles. The van der Waals surface area contributed by atoms with E-state index in [4.69, 9.17) is 4.74 Å². The Kier molecular flexibility index (Phi) is 5.54. The number of carbonyl (C=O) groups is 1. The molecule has 1 aliphatic rings. The number of methoxy groups -OCH3 is 1. The van der Waals surface area contributed by atoms with Crippen LogP contribution in [0.3, 0.4) is 0 Å². The van der Waals surface area contributed by atoms with Crippen LogP contribution >= 0.6 is 0 Å². The molecule has 1 saturated heterocycles. The third-order valence-corrected chi connectivity index (χ3v) is 2.26. The maximum absolute atomic E-state index is 11.3. The number of nitrogens with one attached hydrogen (secondary N) is 1. The topological polar surface area (TPSA) is 38.3 Å². The SMILES string of the molecule is CC[C@@]1(C(=O)OC)C[CH-]CN1.[Y]. The molecular weight excluding hydrogens is 231 g/mol. The normalized spacial score (nSPS) is 27.8. The quantitative estimate of drug-likeness (QED) is 0.568. The van der Waals surface area contributed by atoms with Crippen molar-refractivity contribution in [1.82, 2.24) is 5.32 Å². The van der Waals surface area contributed by atoms with Crippen molar-refractivity contribution in [2.75, 3.05) is 13.7 Å². The summed E-state index contributed by atoms with van der Waals surface area (Å²) < 4.78 is 4.71. The van der Waals surface area contributed by atoms with Gasteiger partial charge in [0.15, 0.2) is 0 Å². The Morgan fingerprint density at radius 2 is 2.42 bits per heavy atom. The van der Waals surface area contributed by atoms with Gasteiger partial charge in [0, 0.05) is 32.7 Å². The van der Waals surface area contributed by atoms with Gasteiger partial charge in [-0.05, 0) is 6.42 Å². The minimum absolute atomic E-state index is 0. The summed E-state index contributed by atoms with van der Waals surface area (Å²) >= 11 is 0. The van der Waals surface area contributed by atoms with Gasteiger partial charge in [0.1, 0.15) is 0 Å². The Balaban J connectivity index is 0.00000121. The second-order valence-corrected chi connectivity index (χ2v) is 2.80. The second-order valence-electron chi connectivity index (χ2n) is 2.80. The van der Waals surface area contributed by atoms with Gasteiger partial charge in [0.2, 0.25) is 0 Å². The largest absolute Gasteiger partial charge is 0.468 e. The summed E-state index contributed by atoms with van der Waals surface area (Å²) in [5, 5.41) is 3.14. The van der Waals surface area contributed by atoms with E-state index in [0.29, 0.717) is 0 Å². The molecule has 3 nitrogen and oxygen atoms in total. The average Bonchev–Trinajstić information content (AvgIpc) is 2.52. The maximum Gasteiger partial charge on any atom is 0.323 e. The molecule has 0 spiro atoms. The Bertz CT molecular complexity index is 155. The molecule has 1 fully saturated rings. The first-order valence-corrected chi connectivity index (χ1v) is 3.90. The predicted molar refractivity (Wildman–Crippen MR) is 42.0 cm³/mol. The summed E-state index contributed by atoms with van der Waals surface area (Å²) in [6.07, 6.45) is 3.65. The third-order valence-electron chi connectivity index (χ3n) is 2.26. The van der Waals surface area contributed by atoms with E-state index in [9.17, 15) is 4.79 Å². The van der Waals surface area contributed by atoms with Gasteiger partial charge in [-0.3, -0.25) is 4.79 Å². The molecule has 12 heavy (non-hydrogen) atoms. The van der Waals surface area contributed by atoms with Crippen molar-refractivity contribution in [2.45, 2.75) is 25.3 Å². The van der Waals surface area contributed by atoms with Crippen LogP contribution in [-0.2, 0) is 42.2 Å². The van der Waals surface area contributed by atoms with Crippen molar-refractivity contribution >= 4 is 5.97 Å². The van der Waals surface area contributed by atoms with Gasteiger partial charge < -0.3 is 16.5 Å². The van der Waals surface area contributed by atoms with Crippen LogP contribution in [-0.4, -0.2) is 25.2 Å². The summed E-state index contributed by atoms with van der Waals surface area (Å²) in [5.74, 6) is -0.145. The monoisotopic (exact) mass is 245 g/mol. The molecule has 0 amide bonds. The van der Waals surface area contributed by atoms with Crippen molar-refractivity contribution in [3.8, 4) is 0 Å². The van der Waals surface area contributed by atoms with Crippen LogP contribution in [0.2, 0.25) is 0 Å². The number of hydrogen-bond donors (Lipinski definition) is 1. The Hall–Kier alpha value is 0.534. The number of hydrogen-bond acceptors (Lipinski definition) is 3. The van der Waals surface area contributed by atoms with E-state index in [2.05, 4.69) is 11.7 Å². The van der Waals surface area contributed by atoms with Crippen LogP contribution in [0.25, 0.3) is 0 Å². The first kappa shape index (κ1) is 12.5. The number of carbonyl (C=O) groups excluding carboxylic acids is 1.